The van der Waals surface area contributed by atoms with E-state index in [1.54, 1.807) is 6.08 Å². The Hall–Kier alpha value is -1.34. The third-order valence-corrected chi connectivity index (χ3v) is 2.42. The van der Waals surface area contributed by atoms with Crippen molar-refractivity contribution in [2.75, 3.05) is 6.54 Å². The van der Waals surface area contributed by atoms with Crippen molar-refractivity contribution in [3.05, 3.63) is 61.3 Å². The van der Waals surface area contributed by atoms with Gasteiger partial charge in [-0.1, -0.05) is 82.4 Å². The molecule has 108 valence electrons. The molecule has 0 heterocycles. The van der Waals surface area contributed by atoms with Crippen LogP contribution in [0.3, 0.4) is 0 Å². The Morgan fingerprint density at radius 1 is 0.895 bits per heavy atom. The van der Waals surface area contributed by atoms with E-state index in [2.05, 4.69) is 25.3 Å². The van der Waals surface area contributed by atoms with Crippen molar-refractivity contribution in [3.63, 3.8) is 0 Å². The molecule has 0 saturated carbocycles. The summed E-state index contributed by atoms with van der Waals surface area (Å²) in [5.41, 5.74) is 6.78. The van der Waals surface area contributed by atoms with Gasteiger partial charge in [0.15, 0.2) is 0 Å². The van der Waals surface area contributed by atoms with Crippen molar-refractivity contribution in [3.8, 4) is 0 Å². The lowest BCUT2D eigenvalue weighted by atomic mass is 10.1. The predicted molar refractivity (Wildman–Crippen MR) is 90.2 cm³/mol. The van der Waals surface area contributed by atoms with Gasteiger partial charge >= 0.3 is 0 Å². The molecular weight excluding hydrogens is 230 g/mol. The Kier molecular flexibility index (Phi) is 20.0. The maximum absolute atomic E-state index is 5.46. The third kappa shape index (κ3) is 16.7. The van der Waals surface area contributed by atoms with Crippen molar-refractivity contribution >= 4 is 0 Å². The Labute approximate surface area is 120 Å². The smallest absolute Gasteiger partial charge is 0.00773 e. The van der Waals surface area contributed by atoms with E-state index in [1.165, 1.54) is 24.8 Å². The molecule has 0 aliphatic rings. The number of allylic oxidation sites excluding steroid dienone is 8. The molecule has 0 amide bonds. The van der Waals surface area contributed by atoms with Crippen molar-refractivity contribution < 1.29 is 0 Å². The highest BCUT2D eigenvalue weighted by molar-refractivity contribution is 5.26. The fourth-order valence-corrected chi connectivity index (χ4v) is 1.52. The minimum absolute atomic E-state index is 0.807. The van der Waals surface area contributed by atoms with Crippen LogP contribution < -0.4 is 5.73 Å². The van der Waals surface area contributed by atoms with E-state index >= 15 is 0 Å². The van der Waals surface area contributed by atoms with Crippen LogP contribution in [0.1, 0.15) is 46.0 Å². The first-order valence-corrected chi connectivity index (χ1v) is 7.32. The van der Waals surface area contributed by atoms with Crippen LogP contribution in [0.4, 0.5) is 0 Å². The lowest BCUT2D eigenvalue weighted by molar-refractivity contribution is 0.648. The summed E-state index contributed by atoms with van der Waals surface area (Å²) in [5.74, 6) is 0. The Bertz CT molecular complexity index is 282. The standard InChI is InChI=1S/C16H25N.C2H6/c1-3-5-6-9-13-16(12-4-2)14-10-7-8-11-15-17;1-2/h3-6,9,12-13H,1-2,7-8,10-11,14-15,17H2;1-2H3/b6-5+,13-9-,16-12-;. The van der Waals surface area contributed by atoms with Gasteiger partial charge < -0.3 is 5.73 Å². The highest BCUT2D eigenvalue weighted by atomic mass is 14.5. The average Bonchev–Trinajstić information content (AvgIpc) is 2.45. The monoisotopic (exact) mass is 261 g/mol. The molecule has 0 fully saturated rings. The van der Waals surface area contributed by atoms with E-state index in [4.69, 9.17) is 5.73 Å². The van der Waals surface area contributed by atoms with Gasteiger partial charge in [0.1, 0.15) is 0 Å². The zero-order valence-electron chi connectivity index (χ0n) is 12.8. The van der Waals surface area contributed by atoms with Gasteiger partial charge in [-0.25, -0.2) is 0 Å². The van der Waals surface area contributed by atoms with E-state index in [-0.39, 0.29) is 0 Å². The van der Waals surface area contributed by atoms with Gasteiger partial charge in [0.2, 0.25) is 0 Å². The van der Waals surface area contributed by atoms with Crippen molar-refractivity contribution in [2.45, 2.75) is 46.0 Å². The minimum atomic E-state index is 0.807. The van der Waals surface area contributed by atoms with E-state index < -0.39 is 0 Å². The van der Waals surface area contributed by atoms with Crippen molar-refractivity contribution in [1.82, 2.24) is 0 Å². The minimum Gasteiger partial charge on any atom is -0.330 e. The van der Waals surface area contributed by atoms with Gasteiger partial charge in [-0.05, 0) is 31.4 Å². The van der Waals surface area contributed by atoms with Gasteiger partial charge in [-0.2, -0.15) is 0 Å². The molecule has 0 saturated heterocycles. The largest absolute Gasteiger partial charge is 0.330 e. The molecular formula is C18H31N. The van der Waals surface area contributed by atoms with Gasteiger partial charge in [0, 0.05) is 0 Å². The summed E-state index contributed by atoms with van der Waals surface area (Å²) in [4.78, 5) is 0. The molecule has 1 nitrogen and oxygen atoms in total. The maximum Gasteiger partial charge on any atom is -0.00773 e. The van der Waals surface area contributed by atoms with E-state index in [1.807, 2.05) is 38.2 Å². The number of rotatable bonds is 10. The number of unbranched alkanes of at least 4 members (excludes halogenated alkanes) is 3. The van der Waals surface area contributed by atoms with Crippen LogP contribution in [0, 0.1) is 0 Å². The summed E-state index contributed by atoms with van der Waals surface area (Å²) in [5, 5.41) is 0. The van der Waals surface area contributed by atoms with Gasteiger partial charge in [0.25, 0.3) is 0 Å². The van der Waals surface area contributed by atoms with Gasteiger partial charge in [0.05, 0.1) is 0 Å². The van der Waals surface area contributed by atoms with Crippen molar-refractivity contribution in [1.29, 1.82) is 0 Å². The SMILES string of the molecule is C=C/C=C/C=C\C(=C\C=C)CCCCCCN.CC. The summed E-state index contributed by atoms with van der Waals surface area (Å²) in [6, 6.07) is 0. The second-order valence-corrected chi connectivity index (χ2v) is 3.91. The number of nitrogens with two attached hydrogens (primary N) is 1. The van der Waals surface area contributed by atoms with Crippen LogP contribution in [-0.2, 0) is 0 Å². The molecule has 0 spiro atoms. The number of hydrogen-bond donors (Lipinski definition) is 1. The molecule has 0 aliphatic carbocycles. The van der Waals surface area contributed by atoms with Crippen LogP contribution in [-0.4, -0.2) is 6.54 Å². The van der Waals surface area contributed by atoms with Crippen LogP contribution >= 0.6 is 0 Å². The molecule has 0 aromatic carbocycles. The topological polar surface area (TPSA) is 26.0 Å². The second kappa shape index (κ2) is 19.0. The Morgan fingerprint density at radius 2 is 1.58 bits per heavy atom. The summed E-state index contributed by atoms with van der Waals surface area (Å²) < 4.78 is 0. The molecule has 0 bridgehead atoms. The zero-order chi connectivity index (χ0) is 14.8. The molecule has 0 aliphatic heterocycles. The molecule has 0 radical (unpaired) electrons. The van der Waals surface area contributed by atoms with E-state index in [0.717, 1.165) is 19.4 Å². The molecule has 0 aromatic rings. The van der Waals surface area contributed by atoms with Crippen LogP contribution in [0.5, 0.6) is 0 Å². The fourth-order valence-electron chi connectivity index (χ4n) is 1.52. The highest BCUT2D eigenvalue weighted by Crippen LogP contribution is 2.11. The summed E-state index contributed by atoms with van der Waals surface area (Å²) in [6.07, 6.45) is 19.7. The average molecular weight is 261 g/mol. The van der Waals surface area contributed by atoms with Crippen molar-refractivity contribution in [2.24, 2.45) is 5.73 Å². The molecule has 0 rings (SSSR count). The summed E-state index contributed by atoms with van der Waals surface area (Å²) in [7, 11) is 0. The molecule has 0 aromatic heterocycles. The Balaban J connectivity index is 0. The molecule has 2 N–H and O–H groups in total. The third-order valence-electron chi connectivity index (χ3n) is 2.42. The maximum atomic E-state index is 5.46. The van der Waals surface area contributed by atoms with E-state index in [0.29, 0.717) is 0 Å². The van der Waals surface area contributed by atoms with Crippen LogP contribution in [0.25, 0.3) is 0 Å². The van der Waals surface area contributed by atoms with Gasteiger partial charge in [-0.15, -0.1) is 0 Å². The fraction of sp³-hybridized carbons (Fsp3) is 0.444. The first-order chi connectivity index (χ1) is 9.35. The van der Waals surface area contributed by atoms with Crippen LogP contribution in [0.15, 0.2) is 61.3 Å². The molecule has 0 atom stereocenters. The summed E-state index contributed by atoms with van der Waals surface area (Å²) >= 11 is 0. The second-order valence-electron chi connectivity index (χ2n) is 3.91. The van der Waals surface area contributed by atoms with E-state index in [9.17, 15) is 0 Å². The lowest BCUT2D eigenvalue weighted by Crippen LogP contribution is -1.97. The first kappa shape index (κ1) is 20.0. The molecule has 0 unspecified atom stereocenters. The first-order valence-electron chi connectivity index (χ1n) is 7.32. The Morgan fingerprint density at radius 3 is 2.16 bits per heavy atom. The molecule has 19 heavy (non-hydrogen) atoms. The lowest BCUT2D eigenvalue weighted by Gasteiger charge is -2.01. The zero-order valence-corrected chi connectivity index (χ0v) is 12.8. The normalized spacial score (nSPS) is 11.4. The predicted octanol–water partition coefficient (Wildman–Crippen LogP) is 5.33. The van der Waals surface area contributed by atoms with Crippen LogP contribution in [0.2, 0.25) is 0 Å². The number of hydrogen-bond acceptors (Lipinski definition) is 1. The summed E-state index contributed by atoms with van der Waals surface area (Å²) in [6.45, 7) is 12.2. The molecule has 1 heteroatoms. The quantitative estimate of drug-likeness (QED) is 0.417. The highest BCUT2D eigenvalue weighted by Gasteiger charge is 1.92. The van der Waals surface area contributed by atoms with Gasteiger partial charge in [-0.3, -0.25) is 0 Å².